The molecule has 1 aromatic carbocycles. The number of fused-ring (bicyclic) bond motifs is 1. The van der Waals surface area contributed by atoms with E-state index < -0.39 is 23.3 Å². The number of alkyl halides is 2. The monoisotopic (exact) mass is 532 g/mol. The molecule has 208 valence electrons. The van der Waals surface area contributed by atoms with E-state index in [0.29, 0.717) is 51.0 Å². The van der Waals surface area contributed by atoms with Gasteiger partial charge in [-0.2, -0.15) is 5.10 Å². The first kappa shape index (κ1) is 27.9. The zero-order valence-electron chi connectivity index (χ0n) is 22.4. The molecule has 3 N–H and O–H groups in total. The fraction of sp³-hybridized carbons (Fsp3) is 0.630. The van der Waals surface area contributed by atoms with Crippen molar-refractivity contribution in [3.05, 3.63) is 30.0 Å². The smallest absolute Gasteiger partial charge is 0.273 e. The Balaban J connectivity index is 1.44. The predicted molar refractivity (Wildman–Crippen MR) is 140 cm³/mol. The van der Waals surface area contributed by atoms with Crippen LogP contribution in [0.25, 0.3) is 10.9 Å². The number of halogens is 2. The molecule has 1 aliphatic carbocycles. The number of rotatable bonds is 8. The molecule has 2 fully saturated rings. The van der Waals surface area contributed by atoms with E-state index in [1.165, 1.54) is 0 Å². The van der Waals surface area contributed by atoms with E-state index in [0.717, 1.165) is 12.1 Å². The highest BCUT2D eigenvalue weighted by atomic mass is 19.3. The molecule has 3 amide bonds. The van der Waals surface area contributed by atoms with Crippen LogP contribution in [0.3, 0.4) is 0 Å². The Bertz CT molecular complexity index is 1170. The molecule has 2 heterocycles. The van der Waals surface area contributed by atoms with Crippen molar-refractivity contribution in [1.29, 1.82) is 0 Å². The third kappa shape index (κ3) is 6.86. The normalized spacial score (nSPS) is 19.7. The minimum Gasteiger partial charge on any atom is -0.354 e. The van der Waals surface area contributed by atoms with Crippen LogP contribution in [-0.4, -0.2) is 77.1 Å². The first-order valence-corrected chi connectivity index (χ1v) is 13.3. The van der Waals surface area contributed by atoms with Crippen molar-refractivity contribution in [2.45, 2.75) is 65.0 Å². The van der Waals surface area contributed by atoms with Crippen LogP contribution in [0.4, 0.5) is 8.78 Å². The molecule has 38 heavy (non-hydrogen) atoms. The Hall–Kier alpha value is -3.08. The van der Waals surface area contributed by atoms with Crippen molar-refractivity contribution in [1.82, 2.24) is 30.6 Å². The van der Waals surface area contributed by atoms with Gasteiger partial charge in [0, 0.05) is 51.0 Å². The van der Waals surface area contributed by atoms with Crippen LogP contribution in [-0.2, 0) is 16.1 Å². The van der Waals surface area contributed by atoms with Crippen molar-refractivity contribution in [2.24, 2.45) is 11.3 Å². The summed E-state index contributed by atoms with van der Waals surface area (Å²) in [6.45, 7) is 8.59. The van der Waals surface area contributed by atoms with Gasteiger partial charge in [0.2, 0.25) is 17.7 Å². The zero-order valence-corrected chi connectivity index (χ0v) is 22.4. The van der Waals surface area contributed by atoms with Gasteiger partial charge in [0.15, 0.2) is 5.69 Å². The zero-order chi connectivity index (χ0) is 27.5. The summed E-state index contributed by atoms with van der Waals surface area (Å²) in [7, 11) is 0. The van der Waals surface area contributed by atoms with Gasteiger partial charge in [-0.3, -0.25) is 24.0 Å². The Kier molecular flexibility index (Phi) is 8.34. The van der Waals surface area contributed by atoms with E-state index in [1.807, 2.05) is 49.9 Å². The lowest BCUT2D eigenvalue weighted by molar-refractivity contribution is -0.125. The number of para-hydroxylation sites is 1. The Morgan fingerprint density at radius 1 is 1.21 bits per heavy atom. The second-order valence-electron chi connectivity index (χ2n) is 11.5. The van der Waals surface area contributed by atoms with Gasteiger partial charge in [-0.1, -0.05) is 39.0 Å². The Morgan fingerprint density at radius 3 is 2.61 bits per heavy atom. The molecule has 2 aromatic rings. The van der Waals surface area contributed by atoms with Crippen molar-refractivity contribution in [3.8, 4) is 0 Å². The molecular weight excluding hydrogens is 494 g/mol. The largest absolute Gasteiger partial charge is 0.354 e. The lowest BCUT2D eigenvalue weighted by Crippen LogP contribution is -2.55. The number of carbonyl (C=O) groups is 3. The highest BCUT2D eigenvalue weighted by Gasteiger charge is 2.36. The number of hydrogen-bond donors (Lipinski definition) is 3. The molecule has 1 aromatic heterocycles. The summed E-state index contributed by atoms with van der Waals surface area (Å²) < 4.78 is 29.0. The van der Waals surface area contributed by atoms with Crippen LogP contribution in [0.15, 0.2) is 24.3 Å². The number of amides is 3. The van der Waals surface area contributed by atoms with Gasteiger partial charge in [0.1, 0.15) is 6.04 Å². The topological polar surface area (TPSA) is 108 Å². The number of carbonyl (C=O) groups excluding carboxylic acids is 3. The summed E-state index contributed by atoms with van der Waals surface area (Å²) in [5.41, 5.74) is 0.400. The average Bonchev–Trinajstić information content (AvgIpc) is 3.21. The van der Waals surface area contributed by atoms with Gasteiger partial charge in [-0.15, -0.1) is 0 Å². The summed E-state index contributed by atoms with van der Waals surface area (Å²) in [6, 6.07) is 6.54. The van der Waals surface area contributed by atoms with Crippen LogP contribution < -0.4 is 16.0 Å². The lowest BCUT2D eigenvalue weighted by Gasteiger charge is -2.31. The van der Waals surface area contributed by atoms with Crippen LogP contribution >= 0.6 is 0 Å². The van der Waals surface area contributed by atoms with E-state index in [4.69, 9.17) is 0 Å². The highest BCUT2D eigenvalue weighted by Crippen LogP contribution is 2.37. The summed E-state index contributed by atoms with van der Waals surface area (Å²) in [6.07, 6.45) is 0.573. The average molecular weight is 533 g/mol. The van der Waals surface area contributed by atoms with Crippen molar-refractivity contribution >= 4 is 28.6 Å². The molecule has 1 aliphatic heterocycles. The maximum atomic E-state index is 13.6. The maximum Gasteiger partial charge on any atom is 0.273 e. The third-order valence-corrected chi connectivity index (χ3v) is 7.39. The number of nitrogens with one attached hydrogen (secondary N) is 3. The van der Waals surface area contributed by atoms with Crippen molar-refractivity contribution < 1.29 is 23.2 Å². The van der Waals surface area contributed by atoms with Crippen LogP contribution in [0, 0.1) is 11.3 Å². The molecule has 1 saturated carbocycles. The Morgan fingerprint density at radius 2 is 1.92 bits per heavy atom. The quantitative estimate of drug-likeness (QED) is 0.484. The van der Waals surface area contributed by atoms with Gasteiger partial charge < -0.3 is 16.0 Å². The number of benzene rings is 1. The SMILES string of the molecule is CC(C)(C)C(NC(=O)c1nn(CC2CCC(F)(F)CC2)c2ccccc12)C(=O)NCCN1CCNC(=O)C1. The standard InChI is InChI=1S/C27H38F2N6O3/c1-26(2,3)23(25(38)31-13-15-34-14-12-30-21(36)17-34)32-24(37)22-19-6-4-5-7-20(19)35(33-22)16-18-8-10-27(28,29)11-9-18/h4-7,18,23H,8-17H2,1-3H3,(H,30,36)(H,31,38)(H,32,37). The molecule has 9 nitrogen and oxygen atoms in total. The molecule has 11 heteroatoms. The fourth-order valence-corrected chi connectivity index (χ4v) is 5.16. The predicted octanol–water partition coefficient (Wildman–Crippen LogP) is 2.55. The van der Waals surface area contributed by atoms with Gasteiger partial charge in [0.05, 0.1) is 12.1 Å². The first-order chi connectivity index (χ1) is 17.9. The molecule has 0 spiro atoms. The summed E-state index contributed by atoms with van der Waals surface area (Å²) in [4.78, 5) is 40.1. The minimum absolute atomic E-state index is 0.0319. The second kappa shape index (κ2) is 11.3. The number of nitrogens with zero attached hydrogens (tertiary/aromatic N) is 3. The van der Waals surface area contributed by atoms with Crippen LogP contribution in [0.2, 0.25) is 0 Å². The van der Waals surface area contributed by atoms with Crippen molar-refractivity contribution in [3.63, 3.8) is 0 Å². The molecule has 1 atom stereocenters. The number of hydrogen-bond acceptors (Lipinski definition) is 5. The summed E-state index contributed by atoms with van der Waals surface area (Å²) in [5, 5.41) is 13.8. The van der Waals surface area contributed by atoms with Gasteiger partial charge >= 0.3 is 0 Å². The molecule has 1 saturated heterocycles. The van der Waals surface area contributed by atoms with Crippen LogP contribution in [0.1, 0.15) is 56.9 Å². The molecule has 1 unspecified atom stereocenters. The highest BCUT2D eigenvalue weighted by molar-refractivity contribution is 6.06. The van der Waals surface area contributed by atoms with E-state index in [1.54, 1.807) is 4.68 Å². The second-order valence-corrected chi connectivity index (χ2v) is 11.5. The Labute approximate surface area is 221 Å². The fourth-order valence-electron chi connectivity index (χ4n) is 5.16. The van der Waals surface area contributed by atoms with E-state index in [-0.39, 0.29) is 36.3 Å². The summed E-state index contributed by atoms with van der Waals surface area (Å²) >= 11 is 0. The third-order valence-electron chi connectivity index (χ3n) is 7.39. The van der Waals surface area contributed by atoms with Crippen LogP contribution in [0.5, 0.6) is 0 Å². The number of piperazine rings is 1. The molecule has 4 rings (SSSR count). The lowest BCUT2D eigenvalue weighted by atomic mass is 9.86. The van der Waals surface area contributed by atoms with Gasteiger partial charge in [0.25, 0.3) is 5.91 Å². The molecule has 0 bridgehead atoms. The summed E-state index contributed by atoms with van der Waals surface area (Å²) in [5.74, 6) is -3.33. The van der Waals surface area contributed by atoms with Gasteiger partial charge in [-0.25, -0.2) is 8.78 Å². The van der Waals surface area contributed by atoms with E-state index in [9.17, 15) is 23.2 Å². The van der Waals surface area contributed by atoms with Crippen molar-refractivity contribution in [2.75, 3.05) is 32.7 Å². The molecule has 2 aliphatic rings. The number of aromatic nitrogens is 2. The van der Waals surface area contributed by atoms with Gasteiger partial charge in [-0.05, 0) is 30.2 Å². The maximum absolute atomic E-state index is 13.6. The first-order valence-electron chi connectivity index (χ1n) is 13.3. The minimum atomic E-state index is -2.60. The van der Waals surface area contributed by atoms with E-state index >= 15 is 0 Å². The molecule has 0 radical (unpaired) electrons. The molecular formula is C27H38F2N6O3. The van der Waals surface area contributed by atoms with E-state index in [2.05, 4.69) is 21.0 Å².